The van der Waals surface area contributed by atoms with Crippen molar-refractivity contribution in [3.05, 3.63) is 17.0 Å². The van der Waals surface area contributed by atoms with Crippen LogP contribution >= 0.6 is 12.2 Å². The van der Waals surface area contributed by atoms with E-state index in [4.69, 9.17) is 18.0 Å². The van der Waals surface area contributed by atoms with E-state index in [1.807, 2.05) is 25.5 Å². The molecule has 1 aromatic heterocycles. The summed E-state index contributed by atoms with van der Waals surface area (Å²) in [5.74, 6) is 0. The molecular weight excluding hydrogens is 182 g/mol. The summed E-state index contributed by atoms with van der Waals surface area (Å²) in [6.45, 7) is 8.04. The third kappa shape index (κ3) is 1.72. The Balaban J connectivity index is 3.15. The van der Waals surface area contributed by atoms with Crippen LogP contribution in [-0.2, 0) is 0 Å². The van der Waals surface area contributed by atoms with Gasteiger partial charge in [-0.15, -0.1) is 0 Å². The number of thiocarbonyl (C=S) groups is 1. The number of nitrogens with two attached hydrogens (primary N) is 1. The molecule has 0 bridgehead atoms. The van der Waals surface area contributed by atoms with Crippen molar-refractivity contribution in [2.75, 3.05) is 0 Å². The highest BCUT2D eigenvalue weighted by atomic mass is 32.1. The summed E-state index contributed by atoms with van der Waals surface area (Å²) in [5, 5.41) is 4.38. The van der Waals surface area contributed by atoms with Crippen molar-refractivity contribution in [1.82, 2.24) is 9.78 Å². The second-order valence-electron chi connectivity index (χ2n) is 3.32. The lowest BCUT2D eigenvalue weighted by Gasteiger charge is -2.12. The molecule has 0 radical (unpaired) electrons. The van der Waals surface area contributed by atoms with Crippen LogP contribution in [0.25, 0.3) is 0 Å². The lowest BCUT2D eigenvalue weighted by molar-refractivity contribution is 0.589. The largest absolute Gasteiger partial charge is 0.392 e. The van der Waals surface area contributed by atoms with Gasteiger partial charge in [-0.2, -0.15) is 5.10 Å². The van der Waals surface area contributed by atoms with Gasteiger partial charge in [0, 0.05) is 5.69 Å². The summed E-state index contributed by atoms with van der Waals surface area (Å²) >= 11 is 4.93. The number of rotatable bonds is 2. The molecule has 72 valence electrons. The number of nitrogens with zero attached hydrogens (tertiary/aromatic N) is 2. The van der Waals surface area contributed by atoms with Gasteiger partial charge in [-0.05, 0) is 33.3 Å². The van der Waals surface area contributed by atoms with Crippen LogP contribution < -0.4 is 5.73 Å². The number of hydrogen-bond acceptors (Lipinski definition) is 2. The highest BCUT2D eigenvalue weighted by Gasteiger charge is 2.14. The molecule has 4 heteroatoms. The Labute approximate surface area is 83.9 Å². The van der Waals surface area contributed by atoms with Crippen molar-refractivity contribution in [2.45, 2.75) is 33.7 Å². The first-order valence-electron chi connectivity index (χ1n) is 4.26. The third-order valence-corrected chi connectivity index (χ3v) is 2.81. The molecule has 0 aliphatic carbocycles. The van der Waals surface area contributed by atoms with Crippen molar-refractivity contribution in [2.24, 2.45) is 5.73 Å². The van der Waals surface area contributed by atoms with Crippen LogP contribution in [-0.4, -0.2) is 14.8 Å². The van der Waals surface area contributed by atoms with Crippen LogP contribution in [0.5, 0.6) is 0 Å². The highest BCUT2D eigenvalue weighted by Crippen LogP contribution is 2.15. The zero-order valence-electron chi connectivity index (χ0n) is 8.46. The topological polar surface area (TPSA) is 43.8 Å². The van der Waals surface area contributed by atoms with E-state index < -0.39 is 0 Å². The Morgan fingerprint density at radius 3 is 2.31 bits per heavy atom. The van der Waals surface area contributed by atoms with Gasteiger partial charge in [0.2, 0.25) is 0 Å². The maximum atomic E-state index is 5.57. The predicted molar refractivity (Wildman–Crippen MR) is 57.9 cm³/mol. The van der Waals surface area contributed by atoms with Crippen molar-refractivity contribution < 1.29 is 0 Å². The molecule has 13 heavy (non-hydrogen) atoms. The molecule has 2 N–H and O–H groups in total. The van der Waals surface area contributed by atoms with Crippen molar-refractivity contribution in [3.63, 3.8) is 0 Å². The summed E-state index contributed by atoms with van der Waals surface area (Å²) in [6.07, 6.45) is 0. The van der Waals surface area contributed by atoms with Gasteiger partial charge in [-0.25, -0.2) is 0 Å². The lowest BCUT2D eigenvalue weighted by Crippen LogP contribution is -2.23. The minimum Gasteiger partial charge on any atom is -0.392 e. The standard InChI is InChI=1S/C9H15N3S/c1-5-6(2)11-12(7(5)3)8(4)9(10)13/h8H,1-4H3,(H2,10,13). The van der Waals surface area contributed by atoms with E-state index in [0.29, 0.717) is 4.99 Å². The maximum absolute atomic E-state index is 5.57. The van der Waals surface area contributed by atoms with Crippen LogP contribution in [0, 0.1) is 20.8 Å². The second kappa shape index (κ2) is 3.46. The van der Waals surface area contributed by atoms with E-state index >= 15 is 0 Å². The van der Waals surface area contributed by atoms with Gasteiger partial charge >= 0.3 is 0 Å². The number of hydrogen-bond donors (Lipinski definition) is 1. The Kier molecular flexibility index (Phi) is 2.71. The average Bonchev–Trinajstić information content (AvgIpc) is 2.31. The van der Waals surface area contributed by atoms with Crippen LogP contribution in [0.2, 0.25) is 0 Å². The molecule has 0 aliphatic heterocycles. The van der Waals surface area contributed by atoms with Gasteiger partial charge in [0.15, 0.2) is 0 Å². The van der Waals surface area contributed by atoms with Crippen LogP contribution in [0.3, 0.4) is 0 Å². The predicted octanol–water partition coefficient (Wildman–Crippen LogP) is 1.66. The van der Waals surface area contributed by atoms with E-state index in [2.05, 4.69) is 12.0 Å². The van der Waals surface area contributed by atoms with E-state index in [0.717, 1.165) is 11.4 Å². The molecule has 0 spiro atoms. The fourth-order valence-corrected chi connectivity index (χ4v) is 1.34. The van der Waals surface area contributed by atoms with Gasteiger partial charge in [0.1, 0.15) is 0 Å². The fourth-order valence-electron chi connectivity index (χ4n) is 1.24. The molecule has 0 aromatic carbocycles. The summed E-state index contributed by atoms with van der Waals surface area (Å²) in [4.78, 5) is 0.477. The van der Waals surface area contributed by atoms with Crippen LogP contribution in [0.15, 0.2) is 0 Å². The van der Waals surface area contributed by atoms with Gasteiger partial charge in [-0.1, -0.05) is 12.2 Å². The molecule has 1 aromatic rings. The summed E-state index contributed by atoms with van der Waals surface area (Å²) in [7, 11) is 0. The van der Waals surface area contributed by atoms with E-state index in [1.54, 1.807) is 0 Å². The Hall–Kier alpha value is -0.900. The van der Waals surface area contributed by atoms with Gasteiger partial charge in [0.05, 0.1) is 16.7 Å². The molecule has 3 nitrogen and oxygen atoms in total. The second-order valence-corrected chi connectivity index (χ2v) is 3.79. The van der Waals surface area contributed by atoms with Crippen LogP contribution in [0.1, 0.15) is 29.9 Å². The Morgan fingerprint density at radius 1 is 1.46 bits per heavy atom. The van der Waals surface area contributed by atoms with Gasteiger partial charge in [-0.3, -0.25) is 4.68 Å². The molecule has 0 amide bonds. The zero-order valence-corrected chi connectivity index (χ0v) is 9.27. The van der Waals surface area contributed by atoms with E-state index in [9.17, 15) is 0 Å². The molecule has 0 saturated carbocycles. The molecule has 0 fully saturated rings. The average molecular weight is 197 g/mol. The number of aryl methyl sites for hydroxylation is 1. The first kappa shape index (κ1) is 10.2. The van der Waals surface area contributed by atoms with Crippen molar-refractivity contribution >= 4 is 17.2 Å². The normalized spacial score (nSPS) is 12.9. The van der Waals surface area contributed by atoms with E-state index in [1.165, 1.54) is 5.56 Å². The zero-order chi connectivity index (χ0) is 10.2. The van der Waals surface area contributed by atoms with E-state index in [-0.39, 0.29) is 6.04 Å². The molecule has 1 rings (SSSR count). The highest BCUT2D eigenvalue weighted by molar-refractivity contribution is 7.80. The van der Waals surface area contributed by atoms with Crippen LogP contribution in [0.4, 0.5) is 0 Å². The monoisotopic (exact) mass is 197 g/mol. The summed E-state index contributed by atoms with van der Waals surface area (Å²) in [6, 6.07) is 0.00222. The third-order valence-electron chi connectivity index (χ3n) is 2.47. The summed E-state index contributed by atoms with van der Waals surface area (Å²) in [5.41, 5.74) is 8.96. The Morgan fingerprint density at radius 2 is 2.00 bits per heavy atom. The molecule has 1 unspecified atom stereocenters. The van der Waals surface area contributed by atoms with Gasteiger partial charge < -0.3 is 5.73 Å². The lowest BCUT2D eigenvalue weighted by atomic mass is 10.2. The number of aromatic nitrogens is 2. The quantitative estimate of drug-likeness (QED) is 0.733. The maximum Gasteiger partial charge on any atom is 0.0992 e. The summed E-state index contributed by atoms with van der Waals surface area (Å²) < 4.78 is 1.88. The molecule has 1 heterocycles. The van der Waals surface area contributed by atoms with Crippen molar-refractivity contribution in [3.8, 4) is 0 Å². The first-order chi connectivity index (χ1) is 5.95. The first-order valence-corrected chi connectivity index (χ1v) is 4.67. The SMILES string of the molecule is Cc1nn(C(C)C(N)=S)c(C)c1C. The fraction of sp³-hybridized carbons (Fsp3) is 0.556. The molecule has 0 aliphatic rings. The Bertz CT molecular complexity index is 341. The molecule has 1 atom stereocenters. The minimum atomic E-state index is 0.00222. The van der Waals surface area contributed by atoms with Crippen molar-refractivity contribution in [1.29, 1.82) is 0 Å². The smallest absolute Gasteiger partial charge is 0.0992 e. The molecule has 0 saturated heterocycles. The van der Waals surface area contributed by atoms with Gasteiger partial charge in [0.25, 0.3) is 0 Å². The minimum absolute atomic E-state index is 0.00222. The molecular formula is C9H15N3S.